The molecule has 0 unspecified atom stereocenters. The van der Waals surface area contributed by atoms with E-state index in [0.717, 1.165) is 23.1 Å². The van der Waals surface area contributed by atoms with Gasteiger partial charge < -0.3 is 19.5 Å². The van der Waals surface area contributed by atoms with Crippen LogP contribution in [0.1, 0.15) is 31.9 Å². The van der Waals surface area contributed by atoms with E-state index in [1.807, 2.05) is 23.1 Å². The maximum absolute atomic E-state index is 13.0. The molecule has 0 spiro atoms. The van der Waals surface area contributed by atoms with Crippen molar-refractivity contribution in [1.82, 2.24) is 4.90 Å². The van der Waals surface area contributed by atoms with Gasteiger partial charge in [0.25, 0.3) is 0 Å². The van der Waals surface area contributed by atoms with E-state index in [4.69, 9.17) is 9.47 Å². The molecule has 2 aromatic carbocycles. The van der Waals surface area contributed by atoms with Crippen LogP contribution >= 0.6 is 0 Å². The highest BCUT2D eigenvalue weighted by Crippen LogP contribution is 2.34. The second-order valence-corrected chi connectivity index (χ2v) is 9.41. The minimum absolute atomic E-state index is 0.144. The molecule has 1 fully saturated rings. The van der Waals surface area contributed by atoms with E-state index in [-0.39, 0.29) is 12.0 Å². The van der Waals surface area contributed by atoms with Gasteiger partial charge in [-0.1, -0.05) is 26.8 Å². The maximum atomic E-state index is 13.0. The van der Waals surface area contributed by atoms with Crippen LogP contribution in [0.15, 0.2) is 42.5 Å². The Kier molecular flexibility index (Phi) is 7.80. The van der Waals surface area contributed by atoms with E-state index in [0.29, 0.717) is 38.4 Å². The average molecular weight is 467 g/mol. The molecule has 0 aliphatic carbocycles. The molecule has 0 radical (unpaired) electrons. The summed E-state index contributed by atoms with van der Waals surface area (Å²) in [6, 6.07) is 11.1. The lowest BCUT2D eigenvalue weighted by molar-refractivity contribution is -0.137. The zero-order valence-electron chi connectivity index (χ0n) is 19.7. The van der Waals surface area contributed by atoms with Gasteiger partial charge >= 0.3 is 6.18 Å². The van der Waals surface area contributed by atoms with E-state index < -0.39 is 17.8 Å². The SMILES string of the molecule is COc1ccc(OC[C@@H](O)CN2CCN(c3cccc(C(F)(F)F)c3)CC2)c(C(C)(C)C)c1. The molecule has 1 aliphatic heterocycles. The van der Waals surface area contributed by atoms with Gasteiger partial charge in [0, 0.05) is 44.0 Å². The number of rotatable bonds is 7. The zero-order valence-corrected chi connectivity index (χ0v) is 19.7. The summed E-state index contributed by atoms with van der Waals surface area (Å²) in [5.41, 5.74) is 0.795. The number of methoxy groups -OCH3 is 1. The molecule has 33 heavy (non-hydrogen) atoms. The lowest BCUT2D eigenvalue weighted by Crippen LogP contribution is -2.49. The molecule has 1 saturated heterocycles. The van der Waals surface area contributed by atoms with Crippen molar-refractivity contribution in [3.05, 3.63) is 53.6 Å². The van der Waals surface area contributed by atoms with Gasteiger partial charge in [0.1, 0.15) is 24.2 Å². The van der Waals surface area contributed by atoms with Gasteiger partial charge in [0.2, 0.25) is 0 Å². The van der Waals surface area contributed by atoms with Crippen LogP contribution in [0.25, 0.3) is 0 Å². The lowest BCUT2D eigenvalue weighted by Gasteiger charge is -2.37. The highest BCUT2D eigenvalue weighted by atomic mass is 19.4. The molecular formula is C25H33F3N2O3. The molecule has 2 aromatic rings. The molecule has 0 saturated carbocycles. The molecular weight excluding hydrogens is 433 g/mol. The number of benzene rings is 2. The van der Waals surface area contributed by atoms with Crippen molar-refractivity contribution in [3.63, 3.8) is 0 Å². The summed E-state index contributed by atoms with van der Waals surface area (Å²) < 4.78 is 50.2. The van der Waals surface area contributed by atoms with Crippen LogP contribution in [0.2, 0.25) is 0 Å². The third kappa shape index (κ3) is 6.77. The minimum atomic E-state index is -4.35. The molecule has 1 atom stereocenters. The van der Waals surface area contributed by atoms with Gasteiger partial charge in [-0.15, -0.1) is 0 Å². The summed E-state index contributed by atoms with van der Waals surface area (Å²) in [5, 5.41) is 10.5. The Morgan fingerprint density at radius 3 is 2.30 bits per heavy atom. The second-order valence-electron chi connectivity index (χ2n) is 9.41. The van der Waals surface area contributed by atoms with E-state index >= 15 is 0 Å². The van der Waals surface area contributed by atoms with Crippen LogP contribution in [-0.4, -0.2) is 62.6 Å². The van der Waals surface area contributed by atoms with Crippen molar-refractivity contribution in [2.45, 2.75) is 38.5 Å². The molecule has 1 aliphatic rings. The number of anilines is 1. The minimum Gasteiger partial charge on any atom is -0.497 e. The third-order valence-electron chi connectivity index (χ3n) is 5.81. The van der Waals surface area contributed by atoms with Gasteiger partial charge in [-0.3, -0.25) is 4.90 Å². The fourth-order valence-electron chi connectivity index (χ4n) is 3.95. The zero-order chi connectivity index (χ0) is 24.2. The summed E-state index contributed by atoms with van der Waals surface area (Å²) in [4.78, 5) is 4.05. The molecule has 1 heterocycles. The Morgan fingerprint density at radius 2 is 1.70 bits per heavy atom. The monoisotopic (exact) mass is 466 g/mol. The van der Waals surface area contributed by atoms with Gasteiger partial charge in [-0.05, 0) is 41.8 Å². The topological polar surface area (TPSA) is 45.2 Å². The van der Waals surface area contributed by atoms with Crippen molar-refractivity contribution in [2.75, 3.05) is 51.3 Å². The first-order chi connectivity index (χ1) is 15.5. The van der Waals surface area contributed by atoms with Crippen LogP contribution in [0.3, 0.4) is 0 Å². The predicted molar refractivity (Wildman–Crippen MR) is 123 cm³/mol. The number of hydrogen-bond acceptors (Lipinski definition) is 5. The number of ether oxygens (including phenoxy) is 2. The maximum Gasteiger partial charge on any atom is 0.416 e. The Balaban J connectivity index is 1.52. The number of hydrogen-bond donors (Lipinski definition) is 1. The quantitative estimate of drug-likeness (QED) is 0.648. The Hall–Kier alpha value is -2.45. The molecule has 8 heteroatoms. The Bertz CT molecular complexity index is 920. The van der Waals surface area contributed by atoms with Crippen LogP contribution < -0.4 is 14.4 Å². The van der Waals surface area contributed by atoms with Gasteiger partial charge in [-0.25, -0.2) is 0 Å². The smallest absolute Gasteiger partial charge is 0.416 e. The standard InChI is InChI=1S/C25H33F3N2O3/c1-24(2,3)22-15-21(32-4)8-9-23(22)33-17-20(31)16-29-10-12-30(13-11-29)19-7-5-6-18(14-19)25(26,27)28/h5-9,14-15,20,31H,10-13,16-17H2,1-4H3/t20-/m0/s1. The molecule has 3 rings (SSSR count). The normalized spacial score (nSPS) is 16.5. The van der Waals surface area contributed by atoms with Crippen molar-refractivity contribution in [1.29, 1.82) is 0 Å². The summed E-state index contributed by atoms with van der Waals surface area (Å²) in [7, 11) is 1.62. The number of piperazine rings is 1. The van der Waals surface area contributed by atoms with Crippen LogP contribution in [0, 0.1) is 0 Å². The fraction of sp³-hybridized carbons (Fsp3) is 0.520. The summed E-state index contributed by atoms with van der Waals surface area (Å²) >= 11 is 0. The first-order valence-electron chi connectivity index (χ1n) is 11.1. The van der Waals surface area contributed by atoms with E-state index in [1.165, 1.54) is 12.1 Å². The van der Waals surface area contributed by atoms with E-state index in [9.17, 15) is 18.3 Å². The molecule has 0 amide bonds. The molecule has 0 bridgehead atoms. The average Bonchev–Trinajstić information content (AvgIpc) is 2.77. The molecule has 5 nitrogen and oxygen atoms in total. The van der Waals surface area contributed by atoms with Gasteiger partial charge in [0.05, 0.1) is 12.7 Å². The number of nitrogens with zero attached hydrogens (tertiary/aromatic N) is 2. The van der Waals surface area contributed by atoms with Crippen molar-refractivity contribution < 1.29 is 27.8 Å². The molecule has 0 aromatic heterocycles. The van der Waals surface area contributed by atoms with Crippen LogP contribution in [-0.2, 0) is 11.6 Å². The molecule has 1 N–H and O–H groups in total. The van der Waals surface area contributed by atoms with Crippen LogP contribution in [0.4, 0.5) is 18.9 Å². The van der Waals surface area contributed by atoms with E-state index in [2.05, 4.69) is 25.7 Å². The number of aliphatic hydroxyl groups excluding tert-OH is 1. The van der Waals surface area contributed by atoms with Crippen molar-refractivity contribution >= 4 is 5.69 Å². The lowest BCUT2D eigenvalue weighted by atomic mass is 9.86. The molecule has 182 valence electrons. The first-order valence-corrected chi connectivity index (χ1v) is 11.1. The second kappa shape index (κ2) is 10.2. The van der Waals surface area contributed by atoms with Gasteiger partial charge in [0.15, 0.2) is 0 Å². The predicted octanol–water partition coefficient (Wildman–Crippen LogP) is 4.57. The number of alkyl halides is 3. The summed E-state index contributed by atoms with van der Waals surface area (Å²) in [6.45, 7) is 9.38. The summed E-state index contributed by atoms with van der Waals surface area (Å²) in [5.74, 6) is 1.48. The van der Waals surface area contributed by atoms with Gasteiger partial charge in [-0.2, -0.15) is 13.2 Å². The highest BCUT2D eigenvalue weighted by Gasteiger charge is 2.31. The number of halogens is 3. The van der Waals surface area contributed by atoms with Crippen molar-refractivity contribution in [3.8, 4) is 11.5 Å². The first kappa shape index (κ1) is 25.2. The Labute approximate surface area is 193 Å². The fourth-order valence-corrected chi connectivity index (χ4v) is 3.95. The van der Waals surface area contributed by atoms with E-state index in [1.54, 1.807) is 13.2 Å². The summed E-state index contributed by atoms with van der Waals surface area (Å²) in [6.07, 6.45) is -5.03. The highest BCUT2D eigenvalue weighted by molar-refractivity contribution is 5.49. The third-order valence-corrected chi connectivity index (χ3v) is 5.81. The van der Waals surface area contributed by atoms with Crippen molar-refractivity contribution in [2.24, 2.45) is 0 Å². The largest absolute Gasteiger partial charge is 0.497 e. The number of aliphatic hydroxyl groups is 1. The Morgan fingerprint density at radius 1 is 1.00 bits per heavy atom. The number of β-amino-alcohol motifs (C(OH)–C–C–N with tert-alkyl or cyclic N) is 1. The van der Waals surface area contributed by atoms with Crippen LogP contribution in [0.5, 0.6) is 11.5 Å².